The molecule has 1 fully saturated rings. The summed E-state index contributed by atoms with van der Waals surface area (Å²) in [4.78, 5) is 5.39. The molecule has 0 spiro atoms. The lowest BCUT2D eigenvalue weighted by atomic mass is 9.91. The van der Waals surface area contributed by atoms with Crippen molar-refractivity contribution in [3.63, 3.8) is 0 Å². The van der Waals surface area contributed by atoms with Gasteiger partial charge in [-0.2, -0.15) is 17.5 Å². The first-order chi connectivity index (χ1) is 12.5. The number of rotatable bonds is 5. The first-order valence-corrected chi connectivity index (χ1v) is 10.9. The Balaban J connectivity index is 1.87. The van der Waals surface area contributed by atoms with Crippen molar-refractivity contribution in [3.05, 3.63) is 22.4 Å². The van der Waals surface area contributed by atoms with E-state index in [2.05, 4.69) is 35.5 Å². The number of hydrogen-bond acceptors (Lipinski definition) is 4. The number of aliphatic imine (C=N–C) groups is 1. The molecule has 2 heterocycles. The van der Waals surface area contributed by atoms with Crippen LogP contribution in [0, 0.1) is 0 Å². The van der Waals surface area contributed by atoms with Crippen LogP contribution < -0.4 is 10.6 Å². The van der Waals surface area contributed by atoms with E-state index in [1.54, 1.807) is 18.4 Å². The molecule has 2 rings (SSSR count). The summed E-state index contributed by atoms with van der Waals surface area (Å²) in [6.07, 6.45) is 0.564. The van der Waals surface area contributed by atoms with Crippen LogP contribution in [-0.4, -0.2) is 56.9 Å². The first kappa shape index (κ1) is 22.0. The number of nitrogens with zero attached hydrogens (tertiary/aromatic N) is 2. The van der Waals surface area contributed by atoms with Crippen molar-refractivity contribution in [1.82, 2.24) is 14.9 Å². The Morgan fingerprint density at radius 2 is 1.96 bits per heavy atom. The van der Waals surface area contributed by atoms with Gasteiger partial charge in [-0.05, 0) is 24.3 Å². The average molecular weight is 427 g/mol. The second-order valence-electron chi connectivity index (χ2n) is 7.06. The normalized spacial score (nSPS) is 18.5. The molecule has 0 atom stereocenters. The largest absolute Gasteiger partial charge is 0.511 e. The molecule has 0 bridgehead atoms. The minimum absolute atomic E-state index is 0.101. The predicted octanol–water partition coefficient (Wildman–Crippen LogP) is 2.50. The van der Waals surface area contributed by atoms with Crippen LogP contribution in [0.15, 0.2) is 22.5 Å². The van der Waals surface area contributed by atoms with Gasteiger partial charge in [0.2, 0.25) is 0 Å². The minimum atomic E-state index is -5.25. The van der Waals surface area contributed by atoms with Gasteiger partial charge in [0.05, 0.1) is 0 Å². The Kier molecular flexibility index (Phi) is 6.80. The van der Waals surface area contributed by atoms with E-state index in [-0.39, 0.29) is 37.4 Å². The summed E-state index contributed by atoms with van der Waals surface area (Å²) in [6.45, 7) is 4.52. The van der Waals surface area contributed by atoms with Crippen molar-refractivity contribution < 1.29 is 21.6 Å². The molecule has 1 aliphatic rings. The molecule has 0 aliphatic carbocycles. The van der Waals surface area contributed by atoms with Crippen LogP contribution in [0.5, 0.6) is 0 Å². The van der Waals surface area contributed by atoms with E-state index in [4.69, 9.17) is 0 Å². The molecule has 0 saturated carbocycles. The highest BCUT2D eigenvalue weighted by molar-refractivity contribution is 7.90. The summed E-state index contributed by atoms with van der Waals surface area (Å²) in [5.74, 6) is 0.553. The summed E-state index contributed by atoms with van der Waals surface area (Å²) in [5.41, 5.74) is -5.35. The number of hydrogen-bond donors (Lipinski definition) is 2. The predicted molar refractivity (Wildman–Crippen MR) is 101 cm³/mol. The lowest BCUT2D eigenvalue weighted by Crippen LogP contribution is -2.52. The highest BCUT2D eigenvalue weighted by Crippen LogP contribution is 2.29. The fourth-order valence-corrected chi connectivity index (χ4v) is 4.67. The van der Waals surface area contributed by atoms with Crippen LogP contribution in [0.1, 0.15) is 31.6 Å². The zero-order valence-corrected chi connectivity index (χ0v) is 17.1. The average Bonchev–Trinajstić information content (AvgIpc) is 3.13. The fourth-order valence-electron chi connectivity index (χ4n) is 2.83. The number of thiophene rings is 1. The summed E-state index contributed by atoms with van der Waals surface area (Å²) in [7, 11) is -3.63. The van der Waals surface area contributed by atoms with E-state index in [1.165, 1.54) is 4.88 Å². The van der Waals surface area contributed by atoms with Gasteiger partial charge in [0, 0.05) is 43.0 Å². The molecule has 27 heavy (non-hydrogen) atoms. The number of sulfonamides is 1. The molecule has 2 N–H and O–H groups in total. The van der Waals surface area contributed by atoms with Gasteiger partial charge in [-0.15, -0.1) is 11.3 Å². The zero-order valence-electron chi connectivity index (χ0n) is 15.5. The van der Waals surface area contributed by atoms with E-state index in [0.717, 1.165) is 0 Å². The van der Waals surface area contributed by atoms with E-state index in [0.29, 0.717) is 16.8 Å². The number of piperidine rings is 1. The van der Waals surface area contributed by atoms with Crippen molar-refractivity contribution >= 4 is 27.3 Å². The summed E-state index contributed by atoms with van der Waals surface area (Å²) >= 11 is 1.67. The molecule has 1 aromatic heterocycles. The maximum Gasteiger partial charge on any atom is 0.511 e. The second kappa shape index (κ2) is 8.36. The third kappa shape index (κ3) is 5.35. The zero-order chi connectivity index (χ0) is 20.3. The quantitative estimate of drug-likeness (QED) is 0.561. The van der Waals surface area contributed by atoms with Gasteiger partial charge >= 0.3 is 15.5 Å². The van der Waals surface area contributed by atoms with Crippen LogP contribution in [0.3, 0.4) is 0 Å². The first-order valence-electron chi connectivity index (χ1n) is 8.55. The van der Waals surface area contributed by atoms with Gasteiger partial charge in [0.15, 0.2) is 5.96 Å². The molecule has 0 aromatic carbocycles. The molecule has 6 nitrogen and oxygen atoms in total. The van der Waals surface area contributed by atoms with Crippen LogP contribution in [-0.2, 0) is 15.4 Å². The van der Waals surface area contributed by atoms with Crippen molar-refractivity contribution in [2.24, 2.45) is 4.99 Å². The molecule has 0 radical (unpaired) electrons. The van der Waals surface area contributed by atoms with Crippen molar-refractivity contribution in [1.29, 1.82) is 0 Å². The number of nitrogens with one attached hydrogen (secondary N) is 2. The van der Waals surface area contributed by atoms with Crippen LogP contribution in [0.2, 0.25) is 0 Å². The monoisotopic (exact) mass is 426 g/mol. The molecular formula is C16H25F3N4O2S2. The molecule has 11 heteroatoms. The molecule has 1 aromatic rings. The fraction of sp³-hybridized carbons (Fsp3) is 0.688. The van der Waals surface area contributed by atoms with E-state index >= 15 is 0 Å². The van der Waals surface area contributed by atoms with Crippen LogP contribution in [0.25, 0.3) is 0 Å². The van der Waals surface area contributed by atoms with E-state index < -0.39 is 15.5 Å². The summed E-state index contributed by atoms with van der Waals surface area (Å²) in [5, 5.41) is 8.44. The highest BCUT2D eigenvalue weighted by atomic mass is 32.2. The van der Waals surface area contributed by atoms with Crippen molar-refractivity contribution in [3.8, 4) is 0 Å². The Hall–Kier alpha value is -1.33. The molecular weight excluding hydrogens is 401 g/mol. The SMILES string of the molecule is CN=C(NCC(C)(C)c1cccs1)NC1CCN(S(=O)(=O)C(F)(F)F)CC1. The Morgan fingerprint density at radius 3 is 2.44 bits per heavy atom. The molecule has 154 valence electrons. The maximum absolute atomic E-state index is 12.6. The highest BCUT2D eigenvalue weighted by Gasteiger charge is 2.50. The standard InChI is InChI=1S/C16H25F3N4O2S2/c1-15(2,13-5-4-10-26-13)11-21-14(20-3)22-12-6-8-23(9-7-12)27(24,25)16(17,18)19/h4-5,10,12H,6-9,11H2,1-3H3,(H2,20,21,22). The molecule has 1 saturated heterocycles. The van der Waals surface area contributed by atoms with Gasteiger partial charge in [0.1, 0.15) is 0 Å². The minimum Gasteiger partial charge on any atom is -0.356 e. The van der Waals surface area contributed by atoms with Gasteiger partial charge in [-0.3, -0.25) is 4.99 Å². The Labute approximate surface area is 161 Å². The smallest absolute Gasteiger partial charge is 0.356 e. The van der Waals surface area contributed by atoms with Crippen molar-refractivity contribution in [2.75, 3.05) is 26.7 Å². The summed E-state index contributed by atoms with van der Waals surface area (Å²) < 4.78 is 61.3. The van der Waals surface area contributed by atoms with Gasteiger partial charge < -0.3 is 10.6 Å². The Bertz CT molecular complexity index is 738. The lowest BCUT2D eigenvalue weighted by molar-refractivity contribution is -0.0494. The second-order valence-corrected chi connectivity index (χ2v) is 9.93. The van der Waals surface area contributed by atoms with E-state index in [1.807, 2.05) is 11.4 Å². The number of halogens is 3. The third-order valence-electron chi connectivity index (χ3n) is 4.54. The summed E-state index contributed by atoms with van der Waals surface area (Å²) in [6, 6.07) is 3.93. The van der Waals surface area contributed by atoms with Crippen molar-refractivity contribution in [2.45, 2.75) is 43.7 Å². The Morgan fingerprint density at radius 1 is 1.33 bits per heavy atom. The number of guanidine groups is 1. The number of alkyl halides is 3. The third-order valence-corrected chi connectivity index (χ3v) is 7.40. The van der Waals surface area contributed by atoms with Gasteiger partial charge in [-0.1, -0.05) is 19.9 Å². The molecule has 0 unspecified atom stereocenters. The van der Waals surface area contributed by atoms with Crippen LogP contribution in [0.4, 0.5) is 13.2 Å². The van der Waals surface area contributed by atoms with E-state index in [9.17, 15) is 21.6 Å². The molecule has 0 amide bonds. The van der Waals surface area contributed by atoms with Crippen LogP contribution >= 0.6 is 11.3 Å². The lowest BCUT2D eigenvalue weighted by Gasteiger charge is -2.33. The van der Waals surface area contributed by atoms with Gasteiger partial charge in [-0.25, -0.2) is 8.42 Å². The maximum atomic E-state index is 12.6. The van der Waals surface area contributed by atoms with Gasteiger partial charge in [0.25, 0.3) is 0 Å². The topological polar surface area (TPSA) is 73.8 Å². The molecule has 1 aliphatic heterocycles.